The number of hydrazone groups is 1. The number of hydrogen-bond donors (Lipinski definition) is 1. The fraction of sp³-hybridized carbons (Fsp3) is 0.526. The van der Waals surface area contributed by atoms with Crippen LogP contribution in [0.5, 0.6) is 0 Å². The lowest BCUT2D eigenvalue weighted by Gasteiger charge is -2.25. The number of nitrogens with one attached hydrogen (secondary N) is 1. The molecule has 1 aromatic rings. The van der Waals surface area contributed by atoms with Crippen molar-refractivity contribution in [2.24, 2.45) is 5.10 Å². The summed E-state index contributed by atoms with van der Waals surface area (Å²) >= 11 is 0. The number of rotatable bonds is 6. The number of benzene rings is 1. The van der Waals surface area contributed by atoms with Gasteiger partial charge >= 0.3 is 0 Å². The van der Waals surface area contributed by atoms with Crippen molar-refractivity contribution in [1.82, 2.24) is 15.2 Å². The van der Waals surface area contributed by atoms with E-state index >= 15 is 0 Å². The van der Waals surface area contributed by atoms with Gasteiger partial charge in [-0.2, -0.15) is 5.10 Å². The van der Waals surface area contributed by atoms with Crippen LogP contribution in [0.15, 0.2) is 35.4 Å². The average Bonchev–Trinajstić information content (AvgIpc) is 3.17. The van der Waals surface area contributed by atoms with Gasteiger partial charge in [0, 0.05) is 25.4 Å². The van der Waals surface area contributed by atoms with Gasteiger partial charge in [0.05, 0.1) is 6.54 Å². The summed E-state index contributed by atoms with van der Waals surface area (Å²) in [6.45, 7) is 5.37. The molecule has 6 nitrogen and oxygen atoms in total. The first kappa shape index (κ1) is 17.6. The first-order valence-electron chi connectivity index (χ1n) is 9.07. The Morgan fingerprint density at radius 1 is 1.20 bits per heavy atom. The van der Waals surface area contributed by atoms with E-state index in [0.717, 1.165) is 18.7 Å². The smallest absolute Gasteiger partial charge is 0.267 e. The number of likely N-dealkylation sites (tertiary alicyclic amines) is 1. The Bertz CT molecular complexity index is 638. The van der Waals surface area contributed by atoms with Crippen molar-refractivity contribution in [2.45, 2.75) is 45.2 Å². The molecule has 25 heavy (non-hydrogen) atoms. The highest BCUT2D eigenvalue weighted by Gasteiger charge is 2.25. The highest BCUT2D eigenvalue weighted by molar-refractivity contribution is 6.39. The van der Waals surface area contributed by atoms with Gasteiger partial charge < -0.3 is 5.32 Å². The van der Waals surface area contributed by atoms with Crippen molar-refractivity contribution in [3.05, 3.63) is 35.9 Å². The zero-order valence-corrected chi connectivity index (χ0v) is 14.8. The zero-order valence-electron chi connectivity index (χ0n) is 14.8. The first-order chi connectivity index (χ1) is 12.1. The quantitative estimate of drug-likeness (QED) is 0.857. The zero-order chi connectivity index (χ0) is 17.6. The molecule has 0 aliphatic carbocycles. The molecule has 3 rings (SSSR count). The van der Waals surface area contributed by atoms with Gasteiger partial charge in [-0.3, -0.25) is 14.5 Å². The molecule has 134 valence electrons. The molecule has 1 fully saturated rings. The summed E-state index contributed by atoms with van der Waals surface area (Å²) < 4.78 is 0. The third-order valence-electron chi connectivity index (χ3n) is 4.86. The van der Waals surface area contributed by atoms with E-state index in [1.165, 1.54) is 17.9 Å². The first-order valence-corrected chi connectivity index (χ1v) is 9.07. The van der Waals surface area contributed by atoms with Gasteiger partial charge in [0.1, 0.15) is 5.71 Å². The summed E-state index contributed by atoms with van der Waals surface area (Å²) in [5.74, 6) is -0.192. The number of hydrogen-bond acceptors (Lipinski definition) is 4. The average molecular weight is 342 g/mol. The predicted octanol–water partition coefficient (Wildman–Crippen LogP) is 1.77. The van der Waals surface area contributed by atoms with Crippen LogP contribution in [0.4, 0.5) is 0 Å². The lowest BCUT2D eigenvalue weighted by Crippen LogP contribution is -2.44. The van der Waals surface area contributed by atoms with Crippen LogP contribution in [0.2, 0.25) is 0 Å². The molecule has 2 aliphatic heterocycles. The number of carbonyl (C=O) groups is 2. The summed E-state index contributed by atoms with van der Waals surface area (Å²) in [5.41, 5.74) is 1.45. The topological polar surface area (TPSA) is 65.0 Å². The maximum Gasteiger partial charge on any atom is 0.267 e. The predicted molar refractivity (Wildman–Crippen MR) is 96.9 cm³/mol. The van der Waals surface area contributed by atoms with E-state index < -0.39 is 0 Å². The van der Waals surface area contributed by atoms with E-state index in [1.807, 2.05) is 30.3 Å². The van der Waals surface area contributed by atoms with E-state index in [1.54, 1.807) is 0 Å². The molecular weight excluding hydrogens is 316 g/mol. The Morgan fingerprint density at radius 3 is 2.64 bits per heavy atom. The maximum atomic E-state index is 12.4. The molecule has 0 saturated carbocycles. The lowest BCUT2D eigenvalue weighted by molar-refractivity contribution is -0.132. The fourth-order valence-electron chi connectivity index (χ4n) is 3.30. The Kier molecular flexibility index (Phi) is 5.81. The van der Waals surface area contributed by atoms with Crippen LogP contribution in [-0.4, -0.2) is 53.1 Å². The summed E-state index contributed by atoms with van der Waals surface area (Å²) in [7, 11) is 0. The molecule has 0 radical (unpaired) electrons. The van der Waals surface area contributed by atoms with Crippen LogP contribution in [-0.2, 0) is 16.1 Å². The van der Waals surface area contributed by atoms with Crippen molar-refractivity contribution in [2.75, 3.05) is 19.6 Å². The van der Waals surface area contributed by atoms with Crippen LogP contribution >= 0.6 is 0 Å². The lowest BCUT2D eigenvalue weighted by atomic mass is 10.1. The Hall–Kier alpha value is -2.21. The SMILES string of the molecule is C[C@H](CNC(=O)C1=NN(Cc2ccccc2)C(=O)CC1)N1CCCC1. The Labute approximate surface area is 148 Å². The maximum absolute atomic E-state index is 12.4. The molecular formula is C19H26N4O2. The highest BCUT2D eigenvalue weighted by Crippen LogP contribution is 2.14. The monoisotopic (exact) mass is 342 g/mol. The minimum Gasteiger partial charge on any atom is -0.349 e. The summed E-state index contributed by atoms with van der Waals surface area (Å²) in [6, 6.07) is 10.0. The van der Waals surface area contributed by atoms with Gasteiger partial charge in [-0.05, 0) is 38.4 Å². The number of amides is 2. The van der Waals surface area contributed by atoms with Crippen LogP contribution in [0, 0.1) is 0 Å². The normalized spacial score (nSPS) is 19.6. The minimum absolute atomic E-state index is 0.0363. The summed E-state index contributed by atoms with van der Waals surface area (Å²) in [6.07, 6.45) is 3.22. The molecule has 0 unspecified atom stereocenters. The second-order valence-corrected chi connectivity index (χ2v) is 6.79. The third-order valence-corrected chi connectivity index (χ3v) is 4.86. The largest absolute Gasteiger partial charge is 0.349 e. The van der Waals surface area contributed by atoms with E-state index in [9.17, 15) is 9.59 Å². The van der Waals surface area contributed by atoms with E-state index in [-0.39, 0.29) is 11.8 Å². The van der Waals surface area contributed by atoms with E-state index in [0.29, 0.717) is 37.7 Å². The van der Waals surface area contributed by atoms with Crippen molar-refractivity contribution < 1.29 is 9.59 Å². The number of carbonyl (C=O) groups excluding carboxylic acids is 2. The van der Waals surface area contributed by atoms with Gasteiger partial charge in [-0.25, -0.2) is 5.01 Å². The molecule has 2 aliphatic rings. The van der Waals surface area contributed by atoms with Crippen LogP contribution in [0.1, 0.15) is 38.2 Å². The third kappa shape index (κ3) is 4.66. The molecule has 1 N–H and O–H groups in total. The molecule has 1 saturated heterocycles. The molecule has 0 spiro atoms. The van der Waals surface area contributed by atoms with Crippen LogP contribution in [0.25, 0.3) is 0 Å². The highest BCUT2D eigenvalue weighted by atomic mass is 16.2. The van der Waals surface area contributed by atoms with Crippen LogP contribution in [0.3, 0.4) is 0 Å². The van der Waals surface area contributed by atoms with E-state index in [4.69, 9.17) is 0 Å². The second kappa shape index (κ2) is 8.25. The molecule has 2 amide bonds. The summed E-state index contributed by atoms with van der Waals surface area (Å²) in [4.78, 5) is 26.9. The second-order valence-electron chi connectivity index (χ2n) is 6.79. The number of nitrogens with zero attached hydrogens (tertiary/aromatic N) is 3. The molecule has 1 atom stereocenters. The molecule has 2 heterocycles. The molecule has 0 bridgehead atoms. The van der Waals surface area contributed by atoms with Gasteiger partial charge in [-0.15, -0.1) is 0 Å². The van der Waals surface area contributed by atoms with Crippen molar-refractivity contribution >= 4 is 17.5 Å². The van der Waals surface area contributed by atoms with Crippen molar-refractivity contribution in [3.8, 4) is 0 Å². The van der Waals surface area contributed by atoms with Gasteiger partial charge in [0.25, 0.3) is 5.91 Å². The van der Waals surface area contributed by atoms with Crippen molar-refractivity contribution in [1.29, 1.82) is 0 Å². The molecule has 6 heteroatoms. The van der Waals surface area contributed by atoms with Crippen molar-refractivity contribution in [3.63, 3.8) is 0 Å². The fourth-order valence-corrected chi connectivity index (χ4v) is 3.30. The molecule has 1 aromatic carbocycles. The Balaban J connectivity index is 1.57. The summed E-state index contributed by atoms with van der Waals surface area (Å²) in [5, 5.41) is 8.70. The van der Waals surface area contributed by atoms with E-state index in [2.05, 4.69) is 22.2 Å². The molecule has 0 aromatic heterocycles. The van der Waals surface area contributed by atoms with Crippen LogP contribution < -0.4 is 5.32 Å². The van der Waals surface area contributed by atoms with Gasteiger partial charge in [0.2, 0.25) is 5.91 Å². The minimum atomic E-state index is -0.156. The Morgan fingerprint density at radius 2 is 1.92 bits per heavy atom. The standard InChI is InChI=1S/C19H26N4O2/c1-15(22-11-5-6-12-22)13-20-19(25)17-9-10-18(24)23(21-17)14-16-7-3-2-4-8-16/h2-4,7-8,15H,5-6,9-14H2,1H3,(H,20,25)/t15-/m1/s1. The van der Waals surface area contributed by atoms with Gasteiger partial charge in [0.15, 0.2) is 0 Å². The van der Waals surface area contributed by atoms with Gasteiger partial charge in [-0.1, -0.05) is 30.3 Å².